The highest BCUT2D eigenvalue weighted by Gasteiger charge is 2.13. The Hall–Kier alpha value is -2.51. The summed E-state index contributed by atoms with van der Waals surface area (Å²) >= 11 is 1.52. The van der Waals surface area contributed by atoms with Crippen LogP contribution >= 0.6 is 11.8 Å². The molecule has 0 fully saturated rings. The fraction of sp³-hybridized carbons (Fsp3) is 0.333. The van der Waals surface area contributed by atoms with Gasteiger partial charge in [-0.3, -0.25) is 9.36 Å². The molecule has 28 heavy (non-hydrogen) atoms. The summed E-state index contributed by atoms with van der Waals surface area (Å²) in [5.74, 6) is 2.01. The fourth-order valence-electron chi connectivity index (χ4n) is 2.90. The summed E-state index contributed by atoms with van der Waals surface area (Å²) in [7, 11) is 3.20. The van der Waals surface area contributed by atoms with Crippen LogP contribution in [0.2, 0.25) is 0 Å². The number of aromatic nitrogens is 2. The van der Waals surface area contributed by atoms with Gasteiger partial charge in [-0.05, 0) is 36.8 Å². The molecule has 0 spiro atoms. The number of benzene rings is 2. The van der Waals surface area contributed by atoms with Gasteiger partial charge in [0.25, 0.3) is 5.56 Å². The molecule has 0 N–H and O–H groups in total. The first-order valence-corrected chi connectivity index (χ1v) is 10.1. The summed E-state index contributed by atoms with van der Waals surface area (Å²) in [4.78, 5) is 17.9. The van der Waals surface area contributed by atoms with E-state index in [0.717, 1.165) is 11.3 Å². The highest BCUT2D eigenvalue weighted by molar-refractivity contribution is 7.99. The first-order chi connectivity index (χ1) is 13.7. The summed E-state index contributed by atoms with van der Waals surface area (Å²) in [6, 6.07) is 13.1. The molecule has 0 atom stereocenters. The normalized spacial score (nSPS) is 11.0. The van der Waals surface area contributed by atoms with Gasteiger partial charge >= 0.3 is 0 Å². The van der Waals surface area contributed by atoms with Gasteiger partial charge in [0, 0.05) is 12.4 Å². The lowest BCUT2D eigenvalue weighted by atomic mass is 10.2. The van der Waals surface area contributed by atoms with Crippen LogP contribution in [0.3, 0.4) is 0 Å². The van der Waals surface area contributed by atoms with E-state index in [-0.39, 0.29) is 5.56 Å². The lowest BCUT2D eigenvalue weighted by molar-refractivity contribution is 0.164. The molecule has 148 valence electrons. The molecule has 0 radical (unpaired) electrons. The van der Waals surface area contributed by atoms with Gasteiger partial charge in [0.05, 0.1) is 38.3 Å². The maximum Gasteiger partial charge on any atom is 0.262 e. The third-order valence-electron chi connectivity index (χ3n) is 4.28. The number of para-hydroxylation sites is 1. The van der Waals surface area contributed by atoms with Crippen LogP contribution in [0.1, 0.15) is 12.5 Å². The van der Waals surface area contributed by atoms with E-state index in [1.807, 2.05) is 49.4 Å². The second-order valence-corrected chi connectivity index (χ2v) is 7.10. The summed E-state index contributed by atoms with van der Waals surface area (Å²) in [6.07, 6.45) is 0. The molecule has 2 aromatic carbocycles. The Balaban J connectivity index is 2.00. The number of ether oxygens (including phenoxy) is 3. The van der Waals surface area contributed by atoms with E-state index in [0.29, 0.717) is 47.3 Å². The van der Waals surface area contributed by atoms with Crippen LogP contribution in [0.4, 0.5) is 0 Å². The minimum Gasteiger partial charge on any atom is -0.493 e. The molecule has 0 aliphatic carbocycles. The van der Waals surface area contributed by atoms with Gasteiger partial charge in [-0.2, -0.15) is 0 Å². The maximum absolute atomic E-state index is 13.1. The molecule has 0 saturated carbocycles. The molecular weight excluding hydrogens is 376 g/mol. The Morgan fingerprint density at radius 3 is 2.61 bits per heavy atom. The van der Waals surface area contributed by atoms with Crippen LogP contribution < -0.4 is 15.0 Å². The third kappa shape index (κ3) is 4.48. The molecule has 0 amide bonds. The lowest BCUT2D eigenvalue weighted by Gasteiger charge is -2.15. The maximum atomic E-state index is 13.1. The number of thioether (sulfide) groups is 1. The molecule has 7 heteroatoms. The molecule has 0 bridgehead atoms. The van der Waals surface area contributed by atoms with Gasteiger partial charge < -0.3 is 14.2 Å². The van der Waals surface area contributed by atoms with Crippen molar-refractivity contribution in [2.24, 2.45) is 0 Å². The molecule has 0 aliphatic heterocycles. The molecule has 3 rings (SSSR count). The highest BCUT2D eigenvalue weighted by Crippen LogP contribution is 2.28. The van der Waals surface area contributed by atoms with Crippen molar-refractivity contribution in [3.05, 3.63) is 58.4 Å². The Morgan fingerprint density at radius 2 is 1.86 bits per heavy atom. The number of fused-ring (bicyclic) bond motifs is 1. The summed E-state index contributed by atoms with van der Waals surface area (Å²) in [5, 5.41) is 1.29. The number of methoxy groups -OCH3 is 2. The number of nitrogens with zero attached hydrogens (tertiary/aromatic N) is 2. The molecule has 0 aliphatic rings. The molecule has 1 heterocycles. The molecule has 6 nitrogen and oxygen atoms in total. The van der Waals surface area contributed by atoms with Gasteiger partial charge in [0.2, 0.25) is 0 Å². The minimum atomic E-state index is -0.0562. The second kappa shape index (κ2) is 9.61. The standard InChI is InChI=1S/C21H24N2O4S/c1-4-27-11-12-28-21-22-17-8-6-5-7-16(17)20(24)23(21)14-15-9-10-18(25-2)19(13-15)26-3/h5-10,13H,4,11-12,14H2,1-3H3. The van der Waals surface area contributed by atoms with E-state index in [1.165, 1.54) is 11.8 Å². The first-order valence-electron chi connectivity index (χ1n) is 9.09. The highest BCUT2D eigenvalue weighted by atomic mass is 32.2. The van der Waals surface area contributed by atoms with Gasteiger partial charge in [-0.25, -0.2) is 4.98 Å². The van der Waals surface area contributed by atoms with Gasteiger partial charge in [0.1, 0.15) is 0 Å². The third-order valence-corrected chi connectivity index (χ3v) is 5.22. The Morgan fingerprint density at radius 1 is 1.07 bits per heavy atom. The number of rotatable bonds is 9. The smallest absolute Gasteiger partial charge is 0.262 e. The Labute approximate surface area is 168 Å². The van der Waals surface area contributed by atoms with Crippen molar-refractivity contribution in [2.45, 2.75) is 18.6 Å². The van der Waals surface area contributed by atoms with E-state index >= 15 is 0 Å². The zero-order chi connectivity index (χ0) is 19.9. The summed E-state index contributed by atoms with van der Waals surface area (Å²) in [6.45, 7) is 3.64. The van der Waals surface area contributed by atoms with Crippen LogP contribution in [0.25, 0.3) is 10.9 Å². The molecule has 3 aromatic rings. The molecule has 0 unspecified atom stereocenters. The van der Waals surface area contributed by atoms with Gasteiger partial charge in [-0.15, -0.1) is 0 Å². The van der Waals surface area contributed by atoms with Crippen molar-refractivity contribution in [1.82, 2.24) is 9.55 Å². The zero-order valence-electron chi connectivity index (χ0n) is 16.3. The average molecular weight is 401 g/mol. The summed E-state index contributed by atoms with van der Waals surface area (Å²) < 4.78 is 17.8. The second-order valence-electron chi connectivity index (χ2n) is 6.04. The molecule has 1 aromatic heterocycles. The van der Waals surface area contributed by atoms with Crippen LogP contribution in [0.15, 0.2) is 52.4 Å². The van der Waals surface area contributed by atoms with Crippen LogP contribution in [-0.4, -0.2) is 42.7 Å². The SMILES string of the molecule is CCOCCSc1nc2ccccc2c(=O)n1Cc1ccc(OC)c(OC)c1. The van der Waals surface area contributed by atoms with Gasteiger partial charge in [-0.1, -0.05) is 30.0 Å². The first kappa shape index (κ1) is 20.2. The lowest BCUT2D eigenvalue weighted by Crippen LogP contribution is -2.24. The molecular formula is C21H24N2O4S. The fourth-order valence-corrected chi connectivity index (χ4v) is 3.75. The summed E-state index contributed by atoms with van der Waals surface area (Å²) in [5.41, 5.74) is 1.58. The number of hydrogen-bond donors (Lipinski definition) is 0. The molecule has 0 saturated heterocycles. The van der Waals surface area contributed by atoms with E-state index in [2.05, 4.69) is 0 Å². The van der Waals surface area contributed by atoms with Crippen molar-refractivity contribution in [3.8, 4) is 11.5 Å². The van der Waals surface area contributed by atoms with Crippen molar-refractivity contribution >= 4 is 22.7 Å². The topological polar surface area (TPSA) is 62.6 Å². The monoisotopic (exact) mass is 400 g/mol. The van der Waals surface area contributed by atoms with Crippen LogP contribution in [0.5, 0.6) is 11.5 Å². The quantitative estimate of drug-likeness (QED) is 0.311. The van der Waals surface area contributed by atoms with Crippen LogP contribution in [0, 0.1) is 0 Å². The minimum absolute atomic E-state index is 0.0562. The van der Waals surface area contributed by atoms with E-state index < -0.39 is 0 Å². The Kier molecular flexibility index (Phi) is 6.95. The predicted molar refractivity (Wildman–Crippen MR) is 112 cm³/mol. The zero-order valence-corrected chi connectivity index (χ0v) is 17.1. The van der Waals surface area contributed by atoms with E-state index in [1.54, 1.807) is 18.8 Å². The van der Waals surface area contributed by atoms with Crippen molar-refractivity contribution in [1.29, 1.82) is 0 Å². The predicted octanol–water partition coefficient (Wildman–Crippen LogP) is 3.59. The van der Waals surface area contributed by atoms with E-state index in [4.69, 9.17) is 19.2 Å². The van der Waals surface area contributed by atoms with Gasteiger partial charge in [0.15, 0.2) is 16.7 Å². The number of hydrogen-bond acceptors (Lipinski definition) is 6. The van der Waals surface area contributed by atoms with Crippen LogP contribution in [-0.2, 0) is 11.3 Å². The van der Waals surface area contributed by atoms with E-state index in [9.17, 15) is 4.79 Å². The average Bonchev–Trinajstić information content (AvgIpc) is 2.73. The van der Waals surface area contributed by atoms with Crippen molar-refractivity contribution in [3.63, 3.8) is 0 Å². The Bertz CT molecular complexity index is 1000. The van der Waals surface area contributed by atoms with Crippen molar-refractivity contribution < 1.29 is 14.2 Å². The largest absolute Gasteiger partial charge is 0.493 e. The van der Waals surface area contributed by atoms with Crippen molar-refractivity contribution in [2.75, 3.05) is 33.2 Å².